The lowest BCUT2D eigenvalue weighted by Gasteiger charge is -2.34. The number of pyridine rings is 1. The van der Waals surface area contributed by atoms with Crippen molar-refractivity contribution in [2.45, 2.75) is 62.5 Å². The molecule has 3 atom stereocenters. The molecule has 0 unspecified atom stereocenters. The molecule has 2 N–H and O–H groups in total. The number of benzene rings is 3. The first-order valence-corrected chi connectivity index (χ1v) is 17.7. The number of rotatable bonds is 6. The Labute approximate surface area is 309 Å². The van der Waals surface area contributed by atoms with Crippen LogP contribution in [0, 0.1) is 35.6 Å². The van der Waals surface area contributed by atoms with Gasteiger partial charge in [-0.3, -0.25) is 14.9 Å². The number of aromatic nitrogens is 3. The molecule has 2 aromatic heterocycles. The number of halogens is 8. The van der Waals surface area contributed by atoms with Gasteiger partial charge in [0, 0.05) is 49.2 Å². The molecule has 55 heavy (non-hydrogen) atoms. The maximum atomic E-state index is 16.9. The molecule has 8 nitrogen and oxygen atoms in total. The third-order valence-corrected chi connectivity index (χ3v) is 10.8. The summed E-state index contributed by atoms with van der Waals surface area (Å²) in [6, 6.07) is 5.30. The molecule has 3 aliphatic rings. The first-order valence-electron chi connectivity index (χ1n) is 17.7. The number of alkyl halides is 4. The van der Waals surface area contributed by atoms with Gasteiger partial charge in [-0.05, 0) is 67.0 Å². The van der Waals surface area contributed by atoms with Crippen LogP contribution in [-0.4, -0.2) is 62.9 Å². The average molecular weight is 769 g/mol. The minimum atomic E-state index is -5.24. The number of nitrogens with zero attached hydrogens (tertiary/aromatic N) is 5. The Morgan fingerprint density at radius 1 is 1.02 bits per heavy atom. The van der Waals surface area contributed by atoms with Crippen molar-refractivity contribution < 1.29 is 45.0 Å². The van der Waals surface area contributed by atoms with Crippen molar-refractivity contribution >= 4 is 27.5 Å². The third kappa shape index (κ3) is 6.42. The summed E-state index contributed by atoms with van der Waals surface area (Å²) in [7, 11) is 0. The maximum absolute atomic E-state index is 16.9. The van der Waals surface area contributed by atoms with Crippen LogP contribution in [0.25, 0.3) is 32.9 Å². The minimum Gasteiger partial charge on any atom is -0.508 e. The van der Waals surface area contributed by atoms with E-state index in [9.17, 15) is 31.4 Å². The zero-order chi connectivity index (χ0) is 38.8. The summed E-state index contributed by atoms with van der Waals surface area (Å²) in [6.45, 7) is 0.672. The minimum absolute atomic E-state index is 0.0139. The van der Waals surface area contributed by atoms with E-state index in [1.807, 2.05) is 0 Å². The van der Waals surface area contributed by atoms with Gasteiger partial charge >= 0.3 is 12.2 Å². The van der Waals surface area contributed by atoms with E-state index in [-0.39, 0.29) is 88.7 Å². The fourth-order valence-corrected chi connectivity index (χ4v) is 8.36. The fourth-order valence-electron chi connectivity index (χ4n) is 8.36. The summed E-state index contributed by atoms with van der Waals surface area (Å²) >= 11 is 0. The SMILES string of the molecule is C#Cc1c(F)ccc2cc(O)cc(-c3ncc4c(N5CCCCCN5)nc(OC[C@@]56CC[C@H](c7cc(F)c(C(F)(F)F)c(F)c7)N5C[C@H](F)C6)nc4c3F)c12. The molecular weight excluding hydrogens is 736 g/mol. The van der Waals surface area contributed by atoms with E-state index in [1.54, 1.807) is 9.91 Å². The molecule has 0 radical (unpaired) electrons. The number of terminal acetylenes is 1. The molecule has 0 spiro atoms. The zero-order valence-electron chi connectivity index (χ0n) is 29.0. The molecule has 286 valence electrons. The third-order valence-electron chi connectivity index (χ3n) is 10.8. The van der Waals surface area contributed by atoms with Crippen molar-refractivity contribution in [3.8, 4) is 35.4 Å². The lowest BCUT2D eigenvalue weighted by molar-refractivity contribution is -0.142. The maximum Gasteiger partial charge on any atom is 0.422 e. The van der Waals surface area contributed by atoms with Crippen molar-refractivity contribution in [2.24, 2.45) is 0 Å². The first kappa shape index (κ1) is 36.7. The topological polar surface area (TPSA) is 86.6 Å². The van der Waals surface area contributed by atoms with Crippen LogP contribution < -0.4 is 15.2 Å². The van der Waals surface area contributed by atoms with E-state index >= 15 is 8.78 Å². The van der Waals surface area contributed by atoms with Crippen molar-refractivity contribution in [3.63, 3.8) is 0 Å². The van der Waals surface area contributed by atoms with Crippen LogP contribution in [0.1, 0.15) is 61.3 Å². The monoisotopic (exact) mass is 768 g/mol. The van der Waals surface area contributed by atoms with Crippen LogP contribution in [0.15, 0.2) is 42.6 Å². The number of fused-ring (bicyclic) bond motifs is 3. The van der Waals surface area contributed by atoms with E-state index < -0.39 is 52.8 Å². The summed E-state index contributed by atoms with van der Waals surface area (Å²) in [5.74, 6) is -2.91. The molecule has 5 aromatic rings. The first-order chi connectivity index (χ1) is 26.3. The van der Waals surface area contributed by atoms with Gasteiger partial charge in [-0.2, -0.15) is 23.1 Å². The fraction of sp³-hybridized carbons (Fsp3) is 0.359. The van der Waals surface area contributed by atoms with Crippen molar-refractivity contribution in [1.29, 1.82) is 0 Å². The van der Waals surface area contributed by atoms with Gasteiger partial charge < -0.3 is 9.84 Å². The van der Waals surface area contributed by atoms with Crippen LogP contribution in [0.5, 0.6) is 11.8 Å². The number of nitrogens with one attached hydrogen (secondary N) is 1. The molecular formula is C39H32F8N6O2. The van der Waals surface area contributed by atoms with Gasteiger partial charge in [0.2, 0.25) is 0 Å². The van der Waals surface area contributed by atoms with Crippen LogP contribution in [0.4, 0.5) is 40.9 Å². The molecule has 8 rings (SSSR count). The van der Waals surface area contributed by atoms with E-state index in [1.165, 1.54) is 24.4 Å². The van der Waals surface area contributed by atoms with E-state index in [0.717, 1.165) is 25.3 Å². The van der Waals surface area contributed by atoms with E-state index in [0.29, 0.717) is 30.6 Å². The van der Waals surface area contributed by atoms with Crippen molar-refractivity contribution in [1.82, 2.24) is 25.3 Å². The quantitative estimate of drug-likeness (QED) is 0.132. The van der Waals surface area contributed by atoms with Gasteiger partial charge in [0.15, 0.2) is 11.6 Å². The van der Waals surface area contributed by atoms with E-state index in [4.69, 9.17) is 11.2 Å². The summed E-state index contributed by atoms with van der Waals surface area (Å²) in [5.41, 5.74) is -0.502. The Morgan fingerprint density at radius 3 is 2.55 bits per heavy atom. The van der Waals surface area contributed by atoms with Gasteiger partial charge in [-0.25, -0.2) is 27.4 Å². The van der Waals surface area contributed by atoms with Gasteiger partial charge in [0.1, 0.15) is 52.8 Å². The van der Waals surface area contributed by atoms with Gasteiger partial charge in [0.05, 0.1) is 16.5 Å². The molecule has 3 aromatic carbocycles. The molecule has 0 saturated carbocycles. The van der Waals surface area contributed by atoms with Crippen LogP contribution in [0.3, 0.4) is 0 Å². The number of phenolic OH excluding ortho intramolecular Hbond substituents is 1. The van der Waals surface area contributed by atoms with Gasteiger partial charge in [-0.15, -0.1) is 6.42 Å². The number of hydrogen-bond acceptors (Lipinski definition) is 8. The molecule has 0 amide bonds. The Bertz CT molecular complexity index is 2360. The summed E-state index contributed by atoms with van der Waals surface area (Å²) in [4.78, 5) is 15.1. The number of hydrogen-bond donors (Lipinski definition) is 2. The molecule has 3 fully saturated rings. The highest BCUT2D eigenvalue weighted by molar-refractivity contribution is 6.03. The van der Waals surface area contributed by atoms with Crippen molar-refractivity contribution in [2.75, 3.05) is 31.3 Å². The Hall–Kier alpha value is -5.27. The summed E-state index contributed by atoms with van der Waals surface area (Å²) < 4.78 is 122. The van der Waals surface area contributed by atoms with E-state index in [2.05, 4.69) is 26.3 Å². The highest BCUT2D eigenvalue weighted by Gasteiger charge is 2.54. The predicted molar refractivity (Wildman–Crippen MR) is 187 cm³/mol. The van der Waals surface area contributed by atoms with Crippen molar-refractivity contribution in [3.05, 3.63) is 82.6 Å². The predicted octanol–water partition coefficient (Wildman–Crippen LogP) is 8.30. The summed E-state index contributed by atoms with van der Waals surface area (Å²) in [5, 5.41) is 13.0. The Balaban J connectivity index is 1.19. The second-order valence-corrected chi connectivity index (χ2v) is 14.2. The number of anilines is 1. The molecule has 0 aliphatic carbocycles. The molecule has 0 bridgehead atoms. The zero-order valence-corrected chi connectivity index (χ0v) is 29.0. The Morgan fingerprint density at radius 2 is 1.80 bits per heavy atom. The highest BCUT2D eigenvalue weighted by Crippen LogP contribution is 2.50. The molecule has 16 heteroatoms. The molecule has 3 aliphatic heterocycles. The van der Waals surface area contributed by atoms with Crippen LogP contribution in [0.2, 0.25) is 0 Å². The summed E-state index contributed by atoms with van der Waals surface area (Å²) in [6.07, 6.45) is 3.41. The lowest BCUT2D eigenvalue weighted by Crippen LogP contribution is -2.44. The largest absolute Gasteiger partial charge is 0.508 e. The number of aromatic hydroxyl groups is 1. The second-order valence-electron chi connectivity index (χ2n) is 14.2. The highest BCUT2D eigenvalue weighted by atomic mass is 19.4. The second kappa shape index (κ2) is 13.8. The Kier molecular flexibility index (Phi) is 9.20. The normalized spacial score (nSPS) is 21.9. The van der Waals surface area contributed by atoms with Crippen LogP contribution in [-0.2, 0) is 6.18 Å². The number of hydrazine groups is 1. The smallest absolute Gasteiger partial charge is 0.422 e. The van der Waals surface area contributed by atoms with Gasteiger partial charge in [0.25, 0.3) is 0 Å². The average Bonchev–Trinajstić information content (AvgIpc) is 3.48. The van der Waals surface area contributed by atoms with Gasteiger partial charge in [-0.1, -0.05) is 18.4 Å². The lowest BCUT2D eigenvalue weighted by atomic mass is 9.94. The molecule has 3 saturated heterocycles. The number of ether oxygens (including phenoxy) is 1. The van der Waals surface area contributed by atoms with Crippen LogP contribution >= 0.6 is 0 Å². The molecule has 5 heterocycles. The number of phenols is 1. The standard InChI is InChI=1S/C39H32F8N6O2/c1-2-24-27(41)7-6-20-12-23(54)15-25(31(20)24)34-33(44)35-26(17-48-34)36(53-11-5-3-4-10-49-53)51-37(50-35)55-19-38-9-8-30(52(38)18-22(40)16-38)21-13-28(42)32(29(43)14-21)39(45,46)47/h1,6-7,12-15,17,22,30,49,54H,3-5,8-11,16,18-19H2/t22-,30-,38+/m1/s1.